The Morgan fingerprint density at radius 3 is 2.47 bits per heavy atom. The monoisotopic (exact) mass is 270 g/mol. The average Bonchev–Trinajstić information content (AvgIpc) is 2.57. The molecule has 0 aromatic rings. The molecule has 110 valence electrons. The third kappa shape index (κ3) is 4.40. The fourth-order valence-electron chi connectivity index (χ4n) is 2.64. The zero-order valence-electron chi connectivity index (χ0n) is 12.4. The zero-order chi connectivity index (χ0) is 14.6. The van der Waals surface area contributed by atoms with Gasteiger partial charge in [-0.25, -0.2) is 4.79 Å². The molecule has 0 saturated heterocycles. The third-order valence-corrected chi connectivity index (χ3v) is 4.01. The Morgan fingerprint density at radius 2 is 2.05 bits per heavy atom. The Kier molecular flexibility index (Phi) is 5.20. The van der Waals surface area contributed by atoms with Crippen molar-refractivity contribution in [3.8, 4) is 0 Å². The van der Waals surface area contributed by atoms with Crippen molar-refractivity contribution in [3.63, 3.8) is 0 Å². The number of carbonyl (C=O) groups is 2. The van der Waals surface area contributed by atoms with Crippen molar-refractivity contribution < 1.29 is 14.7 Å². The summed E-state index contributed by atoms with van der Waals surface area (Å²) in [7, 11) is 0. The van der Waals surface area contributed by atoms with Crippen LogP contribution in [0.2, 0.25) is 0 Å². The van der Waals surface area contributed by atoms with Gasteiger partial charge in [0.15, 0.2) is 0 Å². The van der Waals surface area contributed by atoms with Crippen molar-refractivity contribution in [2.75, 3.05) is 6.54 Å². The van der Waals surface area contributed by atoms with Gasteiger partial charge in [0.2, 0.25) is 0 Å². The minimum atomic E-state index is -0.875. The molecule has 1 unspecified atom stereocenters. The summed E-state index contributed by atoms with van der Waals surface area (Å²) < 4.78 is 0. The minimum Gasteiger partial charge on any atom is -0.481 e. The molecule has 0 heterocycles. The highest BCUT2D eigenvalue weighted by molar-refractivity contribution is 5.76. The van der Waals surface area contributed by atoms with E-state index in [9.17, 15) is 9.59 Å². The molecule has 19 heavy (non-hydrogen) atoms. The van der Waals surface area contributed by atoms with Crippen molar-refractivity contribution in [1.82, 2.24) is 10.2 Å². The van der Waals surface area contributed by atoms with E-state index in [4.69, 9.17) is 5.11 Å². The number of carboxylic acids is 1. The van der Waals surface area contributed by atoms with Crippen LogP contribution in [0, 0.1) is 5.41 Å². The summed E-state index contributed by atoms with van der Waals surface area (Å²) in [5.74, 6) is -0.875. The van der Waals surface area contributed by atoms with E-state index in [1.165, 1.54) is 0 Å². The number of hydrogen-bond acceptors (Lipinski definition) is 2. The van der Waals surface area contributed by atoms with Crippen LogP contribution >= 0.6 is 0 Å². The number of carbonyl (C=O) groups excluding carboxylic acids is 1. The molecule has 0 bridgehead atoms. The van der Waals surface area contributed by atoms with Gasteiger partial charge >= 0.3 is 12.0 Å². The lowest BCUT2D eigenvalue weighted by Crippen LogP contribution is -2.50. The van der Waals surface area contributed by atoms with Crippen LogP contribution in [0.5, 0.6) is 0 Å². The lowest BCUT2D eigenvalue weighted by atomic mass is 9.87. The summed E-state index contributed by atoms with van der Waals surface area (Å²) in [6.45, 7) is 8.40. The first kappa shape index (κ1) is 15.8. The molecule has 1 aliphatic carbocycles. The van der Waals surface area contributed by atoms with Crippen LogP contribution in [0.4, 0.5) is 4.79 Å². The van der Waals surface area contributed by atoms with Crippen molar-refractivity contribution in [3.05, 3.63) is 0 Å². The summed E-state index contributed by atoms with van der Waals surface area (Å²) in [5.41, 5.74) is 0.130. The highest BCUT2D eigenvalue weighted by atomic mass is 16.4. The van der Waals surface area contributed by atoms with Crippen LogP contribution in [-0.2, 0) is 4.79 Å². The molecule has 2 amide bonds. The number of rotatable bonds is 5. The fourth-order valence-corrected chi connectivity index (χ4v) is 2.64. The molecule has 0 aliphatic heterocycles. The Labute approximate surface area is 115 Å². The van der Waals surface area contributed by atoms with Crippen molar-refractivity contribution in [2.24, 2.45) is 5.41 Å². The fraction of sp³-hybridized carbons (Fsp3) is 0.857. The highest BCUT2D eigenvalue weighted by Gasteiger charge is 2.36. The number of hydrogen-bond donors (Lipinski definition) is 2. The van der Waals surface area contributed by atoms with Gasteiger partial charge in [-0.05, 0) is 32.1 Å². The van der Waals surface area contributed by atoms with E-state index in [1.807, 2.05) is 13.8 Å². The minimum absolute atomic E-state index is 0.00358. The maximum atomic E-state index is 12.3. The Bertz CT molecular complexity index is 340. The highest BCUT2D eigenvalue weighted by Crippen LogP contribution is 2.37. The molecule has 5 heteroatoms. The first-order chi connectivity index (χ1) is 8.74. The van der Waals surface area contributed by atoms with Crippen LogP contribution in [-0.4, -0.2) is 40.6 Å². The molecule has 1 fully saturated rings. The summed E-state index contributed by atoms with van der Waals surface area (Å²) in [4.78, 5) is 24.5. The van der Waals surface area contributed by atoms with E-state index in [2.05, 4.69) is 19.2 Å². The second-order valence-electron chi connectivity index (χ2n) is 6.31. The zero-order valence-corrected chi connectivity index (χ0v) is 12.4. The SMILES string of the molecule is CC(C)N(CCC(=O)O)C(=O)NC1CCCC1(C)C. The van der Waals surface area contributed by atoms with Crippen LogP contribution in [0.25, 0.3) is 0 Å². The number of nitrogens with zero attached hydrogens (tertiary/aromatic N) is 1. The Morgan fingerprint density at radius 1 is 1.42 bits per heavy atom. The number of urea groups is 1. The van der Waals surface area contributed by atoms with Crippen LogP contribution in [0.15, 0.2) is 0 Å². The van der Waals surface area contributed by atoms with Gasteiger partial charge in [-0.2, -0.15) is 0 Å². The largest absolute Gasteiger partial charge is 0.481 e. The van der Waals surface area contributed by atoms with Crippen LogP contribution in [0.3, 0.4) is 0 Å². The van der Waals surface area contributed by atoms with Crippen molar-refractivity contribution >= 4 is 12.0 Å². The molecule has 2 N–H and O–H groups in total. The lowest BCUT2D eigenvalue weighted by molar-refractivity contribution is -0.137. The molecule has 0 aromatic heterocycles. The van der Waals surface area contributed by atoms with E-state index in [1.54, 1.807) is 4.90 Å². The molecule has 0 spiro atoms. The molecule has 0 aromatic carbocycles. The van der Waals surface area contributed by atoms with Gasteiger partial charge in [-0.15, -0.1) is 0 Å². The second-order valence-corrected chi connectivity index (χ2v) is 6.31. The van der Waals surface area contributed by atoms with E-state index in [0.717, 1.165) is 19.3 Å². The Hall–Kier alpha value is -1.26. The summed E-state index contributed by atoms with van der Waals surface area (Å²) in [6.07, 6.45) is 3.24. The van der Waals surface area contributed by atoms with Gasteiger partial charge in [0.1, 0.15) is 0 Å². The van der Waals surface area contributed by atoms with Crippen molar-refractivity contribution in [1.29, 1.82) is 0 Å². The predicted octanol–water partition coefficient (Wildman–Crippen LogP) is 2.46. The first-order valence-corrected chi connectivity index (χ1v) is 7.03. The van der Waals surface area contributed by atoms with Gasteiger partial charge in [0.05, 0.1) is 6.42 Å². The molecular weight excluding hydrogens is 244 g/mol. The van der Waals surface area contributed by atoms with E-state index < -0.39 is 5.97 Å². The van der Waals surface area contributed by atoms with Crippen LogP contribution < -0.4 is 5.32 Å². The number of amides is 2. The number of nitrogens with one attached hydrogen (secondary N) is 1. The molecule has 1 saturated carbocycles. The third-order valence-electron chi connectivity index (χ3n) is 4.01. The molecule has 0 radical (unpaired) electrons. The summed E-state index contributed by atoms with van der Waals surface area (Å²) in [6, 6.07) is 0.0474. The van der Waals surface area contributed by atoms with Gasteiger partial charge in [-0.1, -0.05) is 20.3 Å². The van der Waals surface area contributed by atoms with Crippen molar-refractivity contribution in [2.45, 2.75) is 65.5 Å². The maximum absolute atomic E-state index is 12.3. The maximum Gasteiger partial charge on any atom is 0.317 e. The number of aliphatic carboxylic acids is 1. The molecule has 5 nitrogen and oxygen atoms in total. The average molecular weight is 270 g/mol. The van der Waals surface area contributed by atoms with Gasteiger partial charge in [-0.3, -0.25) is 4.79 Å². The molecule has 1 rings (SSSR count). The van der Waals surface area contributed by atoms with E-state index >= 15 is 0 Å². The quantitative estimate of drug-likeness (QED) is 0.806. The summed E-state index contributed by atoms with van der Waals surface area (Å²) in [5, 5.41) is 11.8. The number of carboxylic acid groups (broad SMARTS) is 1. The topological polar surface area (TPSA) is 69.6 Å². The second kappa shape index (κ2) is 6.26. The lowest BCUT2D eigenvalue weighted by Gasteiger charge is -2.32. The Balaban J connectivity index is 2.59. The summed E-state index contributed by atoms with van der Waals surface area (Å²) >= 11 is 0. The van der Waals surface area contributed by atoms with Crippen LogP contribution in [0.1, 0.15) is 53.4 Å². The molecular formula is C14H26N2O3. The van der Waals surface area contributed by atoms with E-state index in [-0.39, 0.29) is 36.5 Å². The smallest absolute Gasteiger partial charge is 0.317 e. The van der Waals surface area contributed by atoms with E-state index in [0.29, 0.717) is 0 Å². The normalized spacial score (nSPS) is 21.4. The van der Waals surface area contributed by atoms with Gasteiger partial charge < -0.3 is 15.3 Å². The van der Waals surface area contributed by atoms with Gasteiger partial charge in [0, 0.05) is 18.6 Å². The van der Waals surface area contributed by atoms with Gasteiger partial charge in [0.25, 0.3) is 0 Å². The standard InChI is InChI=1S/C14H26N2O3/c1-10(2)16(9-7-12(17)18)13(19)15-11-6-5-8-14(11,3)4/h10-11H,5-9H2,1-4H3,(H,15,19)(H,17,18). The molecule has 1 aliphatic rings. The first-order valence-electron chi connectivity index (χ1n) is 7.03. The molecule has 1 atom stereocenters. The predicted molar refractivity (Wildman–Crippen MR) is 74.0 cm³/mol.